The van der Waals surface area contributed by atoms with Gasteiger partial charge in [-0.15, -0.1) is 0 Å². The van der Waals surface area contributed by atoms with E-state index in [-0.39, 0.29) is 24.0 Å². The molecule has 0 radical (unpaired) electrons. The van der Waals surface area contributed by atoms with E-state index in [0.717, 1.165) is 11.1 Å². The van der Waals surface area contributed by atoms with Crippen molar-refractivity contribution in [3.63, 3.8) is 0 Å². The number of hydrogen-bond acceptors (Lipinski definition) is 5. The molecule has 0 spiro atoms. The highest BCUT2D eigenvalue weighted by atomic mass is 32.1. The first-order chi connectivity index (χ1) is 13.5. The van der Waals surface area contributed by atoms with Crippen LogP contribution in [0.3, 0.4) is 0 Å². The number of carbonyl (C=O) groups excluding carboxylic acids is 1. The fourth-order valence-electron chi connectivity index (χ4n) is 3.50. The fourth-order valence-corrected chi connectivity index (χ4v) is 4.56. The number of benzene rings is 2. The minimum atomic E-state index is -0.341. The van der Waals surface area contributed by atoms with Crippen molar-refractivity contribution >= 4 is 34.2 Å². The highest BCUT2D eigenvalue weighted by molar-refractivity contribution is 7.07. The van der Waals surface area contributed by atoms with E-state index in [0.29, 0.717) is 33.0 Å². The second kappa shape index (κ2) is 6.13. The van der Waals surface area contributed by atoms with E-state index in [1.807, 2.05) is 30.0 Å². The quantitative estimate of drug-likeness (QED) is 0.681. The predicted octanol–water partition coefficient (Wildman–Crippen LogP) is 1.56. The van der Waals surface area contributed by atoms with Crippen LogP contribution in [0.2, 0.25) is 0 Å². The first kappa shape index (κ1) is 16.9. The molecule has 0 saturated carbocycles. The van der Waals surface area contributed by atoms with Gasteiger partial charge in [-0.25, -0.2) is 9.38 Å². The van der Waals surface area contributed by atoms with Gasteiger partial charge in [-0.05, 0) is 37.3 Å². The molecule has 0 atom stereocenters. The van der Waals surface area contributed by atoms with Crippen molar-refractivity contribution in [3.05, 3.63) is 79.1 Å². The summed E-state index contributed by atoms with van der Waals surface area (Å²) in [4.78, 5) is 32.5. The van der Waals surface area contributed by atoms with Gasteiger partial charge in [0.2, 0.25) is 0 Å². The molecule has 1 N–H and O–H groups in total. The first-order valence-electron chi connectivity index (χ1n) is 8.72. The molecule has 6 nitrogen and oxygen atoms in total. The van der Waals surface area contributed by atoms with Crippen LogP contribution >= 0.6 is 11.3 Å². The summed E-state index contributed by atoms with van der Waals surface area (Å²) in [7, 11) is 0. The van der Waals surface area contributed by atoms with Gasteiger partial charge in [0.15, 0.2) is 4.80 Å². The summed E-state index contributed by atoms with van der Waals surface area (Å²) in [5, 5.41) is 2.82. The lowest BCUT2D eigenvalue weighted by Gasteiger charge is -2.25. The van der Waals surface area contributed by atoms with Gasteiger partial charge in [0.25, 0.3) is 11.5 Å². The molecule has 2 aliphatic rings. The largest absolute Gasteiger partial charge is 0.333 e. The van der Waals surface area contributed by atoms with Crippen LogP contribution in [0.5, 0.6) is 0 Å². The van der Waals surface area contributed by atoms with Crippen LogP contribution in [-0.4, -0.2) is 17.1 Å². The maximum Gasteiger partial charge on any atom is 0.272 e. The predicted molar refractivity (Wildman–Crippen MR) is 105 cm³/mol. The number of anilines is 2. The van der Waals surface area contributed by atoms with Crippen molar-refractivity contribution in [2.75, 3.05) is 16.9 Å². The normalized spacial score (nSPS) is 17.1. The number of aromatic nitrogens is 1. The van der Waals surface area contributed by atoms with Crippen molar-refractivity contribution < 1.29 is 9.18 Å². The third kappa shape index (κ3) is 2.56. The Morgan fingerprint density at radius 3 is 2.86 bits per heavy atom. The van der Waals surface area contributed by atoms with E-state index >= 15 is 0 Å². The molecule has 5 rings (SSSR count). The Kier molecular flexibility index (Phi) is 3.70. The summed E-state index contributed by atoms with van der Waals surface area (Å²) in [5.74, 6) is -0.620. The second-order valence-electron chi connectivity index (χ2n) is 6.79. The summed E-state index contributed by atoms with van der Waals surface area (Å²) < 4.78 is 15.5. The third-order valence-electron chi connectivity index (χ3n) is 4.87. The number of thiazole rings is 1. The van der Waals surface area contributed by atoms with Crippen LogP contribution < -0.4 is 25.1 Å². The van der Waals surface area contributed by atoms with E-state index < -0.39 is 0 Å². The molecule has 2 aromatic carbocycles. The number of nitrogens with zero attached hydrogens (tertiary/aromatic N) is 3. The van der Waals surface area contributed by atoms with E-state index in [2.05, 4.69) is 10.3 Å². The second-order valence-corrected chi connectivity index (χ2v) is 7.76. The van der Waals surface area contributed by atoms with E-state index in [1.165, 1.54) is 28.0 Å². The van der Waals surface area contributed by atoms with E-state index in [4.69, 9.17) is 0 Å². The van der Waals surface area contributed by atoms with Gasteiger partial charge in [0.05, 0.1) is 5.57 Å². The molecule has 0 unspecified atom stereocenters. The summed E-state index contributed by atoms with van der Waals surface area (Å²) >= 11 is 1.22. The molecule has 0 fully saturated rings. The minimum Gasteiger partial charge on any atom is -0.333 e. The molecule has 1 amide bonds. The average Bonchev–Trinajstić information content (AvgIpc) is 3.17. The maximum absolute atomic E-state index is 13.6. The number of fused-ring (bicyclic) bond motifs is 2. The van der Waals surface area contributed by atoms with Gasteiger partial charge < -0.3 is 10.2 Å². The molecule has 3 aromatic rings. The number of rotatable bonds is 1. The number of halogens is 1. The van der Waals surface area contributed by atoms with Crippen LogP contribution in [0.1, 0.15) is 11.1 Å². The summed E-state index contributed by atoms with van der Waals surface area (Å²) in [5.41, 5.74) is 3.24. The van der Waals surface area contributed by atoms with Gasteiger partial charge in [0, 0.05) is 16.9 Å². The number of aryl methyl sites for hydroxylation is 1. The van der Waals surface area contributed by atoms with Gasteiger partial charge in [-0.2, -0.15) is 0 Å². The first-order valence-corrected chi connectivity index (χ1v) is 9.54. The minimum absolute atomic E-state index is 0.257. The zero-order valence-electron chi connectivity index (χ0n) is 14.9. The Bertz CT molecular complexity index is 1320. The van der Waals surface area contributed by atoms with Crippen molar-refractivity contribution in [1.29, 1.82) is 0 Å². The Morgan fingerprint density at radius 1 is 1.18 bits per heavy atom. The molecule has 28 heavy (non-hydrogen) atoms. The van der Waals surface area contributed by atoms with Crippen molar-refractivity contribution in [3.8, 4) is 0 Å². The summed E-state index contributed by atoms with van der Waals surface area (Å²) in [6.45, 7) is 2.52. The van der Waals surface area contributed by atoms with Crippen LogP contribution in [0.15, 0.2) is 52.3 Å². The monoisotopic (exact) mass is 394 g/mol. The van der Waals surface area contributed by atoms with Gasteiger partial charge in [-0.3, -0.25) is 14.2 Å². The van der Waals surface area contributed by atoms with Crippen LogP contribution in [0.4, 0.5) is 15.8 Å². The topological polar surface area (TPSA) is 66.7 Å². The number of carbonyl (C=O) groups is 1. The maximum atomic E-state index is 13.6. The Balaban J connectivity index is 1.66. The van der Waals surface area contributed by atoms with Crippen LogP contribution in [0, 0.1) is 12.7 Å². The standard InChI is InChI=1S/C20H15FN4O2S/c1-11-5-6-15-14(7-11)16(18(26)23-15)17-19(27)25-10-24(9-22-20(25)28-17)13-4-2-3-12(21)8-13/h2-8H,9-10H2,1H3,(H,23,26)/b17-16-. The molecule has 2 aliphatic heterocycles. The highest BCUT2D eigenvalue weighted by Crippen LogP contribution is 2.30. The SMILES string of the molecule is Cc1ccc2c(c1)/C(=c1/sc3n(c1=O)CN(c1cccc(F)c1)CN=3)C(=O)N2. The molecule has 0 aliphatic carbocycles. The molecule has 140 valence electrons. The smallest absolute Gasteiger partial charge is 0.272 e. The average molecular weight is 394 g/mol. The lowest BCUT2D eigenvalue weighted by molar-refractivity contribution is -0.110. The van der Waals surface area contributed by atoms with Crippen LogP contribution in [-0.2, 0) is 11.5 Å². The molecule has 0 bridgehead atoms. The fraction of sp³-hybridized carbons (Fsp3) is 0.150. The Hall–Kier alpha value is -3.26. The zero-order valence-corrected chi connectivity index (χ0v) is 15.7. The van der Waals surface area contributed by atoms with Gasteiger partial charge in [0.1, 0.15) is 23.7 Å². The zero-order chi connectivity index (χ0) is 19.4. The van der Waals surface area contributed by atoms with Crippen molar-refractivity contribution in [2.24, 2.45) is 4.99 Å². The molecular weight excluding hydrogens is 379 g/mol. The van der Waals surface area contributed by atoms with Gasteiger partial charge >= 0.3 is 0 Å². The van der Waals surface area contributed by atoms with Gasteiger partial charge in [-0.1, -0.05) is 29.0 Å². The Morgan fingerprint density at radius 2 is 2.04 bits per heavy atom. The summed E-state index contributed by atoms with van der Waals surface area (Å²) in [6.07, 6.45) is 0. The third-order valence-corrected chi connectivity index (χ3v) is 5.99. The molecule has 1 aromatic heterocycles. The number of hydrogen-bond donors (Lipinski definition) is 1. The van der Waals surface area contributed by atoms with Crippen molar-refractivity contribution in [2.45, 2.75) is 13.6 Å². The Labute approximate surface area is 162 Å². The highest BCUT2D eigenvalue weighted by Gasteiger charge is 2.28. The number of nitrogens with one attached hydrogen (secondary N) is 1. The molecule has 0 saturated heterocycles. The van der Waals surface area contributed by atoms with E-state index in [1.54, 1.807) is 12.1 Å². The van der Waals surface area contributed by atoms with Crippen LogP contribution in [0.25, 0.3) is 5.57 Å². The molecule has 3 heterocycles. The number of amides is 1. The van der Waals surface area contributed by atoms with Crippen molar-refractivity contribution in [1.82, 2.24) is 4.57 Å². The summed E-state index contributed by atoms with van der Waals surface area (Å²) in [6, 6.07) is 11.9. The lowest BCUT2D eigenvalue weighted by Crippen LogP contribution is -2.43. The molecule has 8 heteroatoms. The lowest BCUT2D eigenvalue weighted by atomic mass is 10.1. The molecular formula is C20H15FN4O2S. The van der Waals surface area contributed by atoms with E-state index in [9.17, 15) is 14.0 Å².